The van der Waals surface area contributed by atoms with E-state index in [0.29, 0.717) is 36.0 Å². The summed E-state index contributed by atoms with van der Waals surface area (Å²) in [6, 6.07) is 10.1. The van der Waals surface area contributed by atoms with Crippen molar-refractivity contribution in [2.24, 2.45) is 0 Å². The highest BCUT2D eigenvalue weighted by atomic mass is 32.1. The van der Waals surface area contributed by atoms with Gasteiger partial charge < -0.3 is 10.6 Å². The average Bonchev–Trinajstić information content (AvgIpc) is 3.26. The summed E-state index contributed by atoms with van der Waals surface area (Å²) in [5.41, 5.74) is 2.83. The molecule has 3 heterocycles. The van der Waals surface area contributed by atoms with E-state index in [-0.39, 0.29) is 0 Å². The Morgan fingerprint density at radius 2 is 1.60 bits per heavy atom. The predicted molar refractivity (Wildman–Crippen MR) is 95.3 cm³/mol. The van der Waals surface area contributed by atoms with E-state index < -0.39 is 0 Å². The molecule has 1 aromatic carbocycles. The van der Waals surface area contributed by atoms with Crippen molar-refractivity contribution in [2.45, 2.75) is 20.0 Å². The third-order valence-electron chi connectivity index (χ3n) is 3.52. The summed E-state index contributed by atoms with van der Waals surface area (Å²) in [5, 5.41) is 17.1. The van der Waals surface area contributed by atoms with Crippen LogP contribution in [-0.2, 0) is 13.1 Å². The summed E-state index contributed by atoms with van der Waals surface area (Å²) in [6.45, 7) is 3.15. The molecule has 4 rings (SSSR count). The molecule has 0 radical (unpaired) electrons. The lowest BCUT2D eigenvalue weighted by Gasteiger charge is -2.11. The number of aryl methyl sites for hydroxylation is 1. The summed E-state index contributed by atoms with van der Waals surface area (Å²) in [7, 11) is 0. The van der Waals surface area contributed by atoms with Crippen molar-refractivity contribution in [3.63, 3.8) is 0 Å². The van der Waals surface area contributed by atoms with Crippen LogP contribution in [0, 0.1) is 6.92 Å². The van der Waals surface area contributed by atoms with Gasteiger partial charge in [0.15, 0.2) is 11.6 Å². The number of anilines is 2. The first-order chi connectivity index (χ1) is 12.3. The number of hydrogen-bond acceptors (Lipinski definition) is 9. The molecule has 0 unspecified atom stereocenters. The molecule has 0 atom stereocenters. The second kappa shape index (κ2) is 6.81. The molecule has 0 aliphatic carbocycles. The number of benzene rings is 1. The number of nitrogens with zero attached hydrogens (tertiary/aromatic N) is 5. The van der Waals surface area contributed by atoms with Crippen molar-refractivity contribution in [1.29, 1.82) is 0 Å². The largest absolute Gasteiger partial charge is 0.363 e. The third-order valence-corrected chi connectivity index (χ3v) is 4.34. The quantitative estimate of drug-likeness (QED) is 0.545. The molecule has 0 amide bonds. The van der Waals surface area contributed by atoms with Crippen LogP contribution < -0.4 is 10.6 Å². The van der Waals surface area contributed by atoms with E-state index in [1.165, 1.54) is 0 Å². The van der Waals surface area contributed by atoms with Gasteiger partial charge in [0.05, 0.1) is 17.2 Å². The number of hydrogen-bond donors (Lipinski definition) is 2. The molecule has 0 spiro atoms. The van der Waals surface area contributed by atoms with Crippen LogP contribution in [-0.4, -0.2) is 25.3 Å². The molecule has 0 bridgehead atoms. The van der Waals surface area contributed by atoms with E-state index in [1.54, 1.807) is 11.3 Å². The SMILES string of the molecule is Cc1nc(CNc2nc3nonc3nc2NCc2ccccc2)cs1. The summed E-state index contributed by atoms with van der Waals surface area (Å²) >= 11 is 1.62. The molecule has 0 fully saturated rings. The Hall–Kier alpha value is -3.07. The highest BCUT2D eigenvalue weighted by Crippen LogP contribution is 2.21. The molecule has 2 N–H and O–H groups in total. The van der Waals surface area contributed by atoms with Crippen LogP contribution >= 0.6 is 11.3 Å². The van der Waals surface area contributed by atoms with Crippen LogP contribution in [0.15, 0.2) is 40.3 Å². The fourth-order valence-electron chi connectivity index (χ4n) is 2.33. The fourth-order valence-corrected chi connectivity index (χ4v) is 2.94. The fraction of sp³-hybridized carbons (Fsp3) is 0.188. The molecular formula is C16H15N7OS. The van der Waals surface area contributed by atoms with Gasteiger partial charge in [-0.3, -0.25) is 0 Å². The average molecular weight is 353 g/mol. The van der Waals surface area contributed by atoms with Gasteiger partial charge in [0.1, 0.15) is 0 Å². The Bertz CT molecular complexity index is 982. The van der Waals surface area contributed by atoms with Gasteiger partial charge in [-0.25, -0.2) is 19.6 Å². The lowest BCUT2D eigenvalue weighted by molar-refractivity contribution is 0.314. The van der Waals surface area contributed by atoms with Crippen LogP contribution in [0.5, 0.6) is 0 Å². The van der Waals surface area contributed by atoms with Crippen LogP contribution in [0.25, 0.3) is 11.3 Å². The molecule has 0 saturated heterocycles. The second-order valence-corrected chi connectivity index (χ2v) is 6.45. The zero-order chi connectivity index (χ0) is 17.1. The van der Waals surface area contributed by atoms with E-state index in [0.717, 1.165) is 16.3 Å². The van der Waals surface area contributed by atoms with Crippen molar-refractivity contribution in [3.8, 4) is 0 Å². The summed E-state index contributed by atoms with van der Waals surface area (Å²) in [6.07, 6.45) is 0. The third kappa shape index (κ3) is 3.56. The number of aromatic nitrogens is 5. The smallest absolute Gasteiger partial charge is 0.245 e. The predicted octanol–water partition coefficient (Wildman–Crippen LogP) is 3.00. The topological polar surface area (TPSA) is 102 Å². The molecule has 4 aromatic rings. The standard InChI is InChI=1S/C16H15N7OS/c1-10-19-12(9-25-10)8-18-14-13(17-7-11-5-3-2-4-6-11)20-15-16(21-14)23-24-22-15/h2-6,9H,7-8H2,1H3,(H,17,20,22)(H,18,21,23). The summed E-state index contributed by atoms with van der Waals surface area (Å²) in [5.74, 6) is 1.18. The van der Waals surface area contributed by atoms with E-state index in [2.05, 4.69) is 35.9 Å². The van der Waals surface area contributed by atoms with Crippen molar-refractivity contribution >= 4 is 34.3 Å². The lowest BCUT2D eigenvalue weighted by atomic mass is 10.2. The van der Waals surface area contributed by atoms with Crippen molar-refractivity contribution < 1.29 is 4.63 Å². The molecule has 3 aromatic heterocycles. The van der Waals surface area contributed by atoms with Gasteiger partial charge in [-0.05, 0) is 22.8 Å². The van der Waals surface area contributed by atoms with Crippen molar-refractivity contribution in [1.82, 2.24) is 25.3 Å². The monoisotopic (exact) mass is 353 g/mol. The Labute approximate surface area is 147 Å². The number of rotatable bonds is 6. The van der Waals surface area contributed by atoms with Gasteiger partial charge in [-0.2, -0.15) is 0 Å². The molecule has 0 aliphatic heterocycles. The van der Waals surface area contributed by atoms with E-state index in [9.17, 15) is 0 Å². The Morgan fingerprint density at radius 1 is 0.920 bits per heavy atom. The number of thiazole rings is 1. The Balaban J connectivity index is 1.56. The molecule has 25 heavy (non-hydrogen) atoms. The van der Waals surface area contributed by atoms with Crippen LogP contribution in [0.4, 0.5) is 11.6 Å². The second-order valence-electron chi connectivity index (χ2n) is 5.38. The molecule has 0 aliphatic rings. The van der Waals surface area contributed by atoms with Gasteiger partial charge in [0.2, 0.25) is 11.3 Å². The first kappa shape index (κ1) is 15.5. The van der Waals surface area contributed by atoms with E-state index >= 15 is 0 Å². The van der Waals surface area contributed by atoms with Gasteiger partial charge >= 0.3 is 0 Å². The summed E-state index contributed by atoms with van der Waals surface area (Å²) < 4.78 is 4.71. The minimum Gasteiger partial charge on any atom is -0.363 e. The Kier molecular flexibility index (Phi) is 4.21. The number of nitrogens with one attached hydrogen (secondary N) is 2. The van der Waals surface area contributed by atoms with Gasteiger partial charge in [-0.1, -0.05) is 30.3 Å². The first-order valence-electron chi connectivity index (χ1n) is 7.71. The minimum atomic E-state index is 0.363. The van der Waals surface area contributed by atoms with Crippen molar-refractivity contribution in [3.05, 3.63) is 52.0 Å². The minimum absolute atomic E-state index is 0.363. The van der Waals surface area contributed by atoms with Crippen LogP contribution in [0.2, 0.25) is 0 Å². The highest BCUT2D eigenvalue weighted by molar-refractivity contribution is 7.09. The molecule has 8 nitrogen and oxygen atoms in total. The maximum absolute atomic E-state index is 4.71. The maximum Gasteiger partial charge on any atom is 0.245 e. The van der Waals surface area contributed by atoms with Gasteiger partial charge in [0.25, 0.3) is 0 Å². The molecule has 0 saturated carbocycles. The lowest BCUT2D eigenvalue weighted by Crippen LogP contribution is -2.09. The first-order valence-corrected chi connectivity index (χ1v) is 8.59. The van der Waals surface area contributed by atoms with Gasteiger partial charge in [0, 0.05) is 11.9 Å². The van der Waals surface area contributed by atoms with Crippen molar-refractivity contribution in [2.75, 3.05) is 10.6 Å². The Morgan fingerprint density at radius 3 is 2.24 bits per heavy atom. The van der Waals surface area contributed by atoms with Crippen LogP contribution in [0.3, 0.4) is 0 Å². The molecule has 126 valence electrons. The van der Waals surface area contributed by atoms with Gasteiger partial charge in [-0.15, -0.1) is 11.3 Å². The summed E-state index contributed by atoms with van der Waals surface area (Å²) in [4.78, 5) is 13.3. The maximum atomic E-state index is 4.71. The molecule has 9 heteroatoms. The van der Waals surface area contributed by atoms with Crippen LogP contribution in [0.1, 0.15) is 16.3 Å². The zero-order valence-electron chi connectivity index (χ0n) is 13.4. The van der Waals surface area contributed by atoms with E-state index in [1.807, 2.05) is 42.6 Å². The number of fused-ring (bicyclic) bond motifs is 1. The van der Waals surface area contributed by atoms with E-state index in [4.69, 9.17) is 4.63 Å². The highest BCUT2D eigenvalue weighted by Gasteiger charge is 2.13. The molecular weight excluding hydrogens is 338 g/mol. The zero-order valence-corrected chi connectivity index (χ0v) is 14.2. The normalized spacial score (nSPS) is 10.9.